The van der Waals surface area contributed by atoms with Crippen LogP contribution in [-0.4, -0.2) is 14.6 Å². The molecule has 0 spiro atoms. The summed E-state index contributed by atoms with van der Waals surface area (Å²) in [5.41, 5.74) is 1.96. The summed E-state index contributed by atoms with van der Waals surface area (Å²) in [6, 6.07) is 35.4. The van der Waals surface area contributed by atoms with E-state index < -0.39 is 5.96 Å². The Hall–Kier alpha value is -3.00. The number of rotatable bonds is 5. The van der Waals surface area contributed by atoms with E-state index in [1.54, 1.807) is 0 Å². The summed E-state index contributed by atoms with van der Waals surface area (Å²) in [4.78, 5) is 4.92. The molecule has 0 saturated heterocycles. The molecule has 0 bridgehead atoms. The van der Waals surface area contributed by atoms with Gasteiger partial charge in [-0.25, -0.2) is 0 Å². The quantitative estimate of drug-likeness (QED) is 0.348. The van der Waals surface area contributed by atoms with Crippen molar-refractivity contribution < 1.29 is 0 Å². The zero-order valence-corrected chi connectivity index (χ0v) is 18.9. The number of hydrogen-bond acceptors (Lipinski definition) is 2. The van der Waals surface area contributed by atoms with Crippen LogP contribution in [0.4, 0.5) is 0 Å². The molecule has 0 aliphatic rings. The number of fused-ring (bicyclic) bond motifs is 1. The van der Waals surface area contributed by atoms with Crippen LogP contribution in [0, 0.1) is 6.92 Å². The van der Waals surface area contributed by atoms with E-state index in [9.17, 15) is 0 Å². The van der Waals surface area contributed by atoms with Gasteiger partial charge in [0.2, 0.25) is 0 Å². The molecule has 0 unspecified atom stereocenters. The van der Waals surface area contributed by atoms with E-state index in [-0.39, 0.29) is 0 Å². The van der Waals surface area contributed by atoms with Gasteiger partial charge in [0.05, 0.1) is 0 Å². The van der Waals surface area contributed by atoms with Crippen molar-refractivity contribution in [3.05, 3.63) is 121 Å². The molecule has 0 radical (unpaired) electrons. The summed E-state index contributed by atoms with van der Waals surface area (Å²) in [6.45, 7) is 2.06. The van der Waals surface area contributed by atoms with Gasteiger partial charge in [0, 0.05) is 0 Å². The molecule has 0 saturated carbocycles. The Morgan fingerprint density at radius 1 is 0.710 bits per heavy atom. The Morgan fingerprint density at radius 3 is 1.65 bits per heavy atom. The summed E-state index contributed by atoms with van der Waals surface area (Å²) in [6.07, 6.45) is 2.47. The first kappa shape index (κ1) is 19.9. The predicted octanol–water partition coefficient (Wildman–Crippen LogP) is 5.22. The Balaban J connectivity index is 1.84. The fraction of sp³-hybridized carbons (Fsp3) is 0.0769. The number of benzene rings is 3. The summed E-state index contributed by atoms with van der Waals surface area (Å²) in [5.74, 6) is -2.68. The minimum absolute atomic E-state index is 0.534. The van der Waals surface area contributed by atoms with Gasteiger partial charge >= 0.3 is 187 Å². The third-order valence-electron chi connectivity index (χ3n) is 5.92. The topological polar surface area (TPSA) is 30.2 Å². The third-order valence-corrected chi connectivity index (χ3v) is 13.0. The first-order chi connectivity index (χ1) is 15.1. The number of aromatic nitrogens is 3. The van der Waals surface area contributed by atoms with Crippen LogP contribution in [0.5, 0.6) is 0 Å². The molecule has 5 aromatic rings. The fourth-order valence-corrected chi connectivity index (χ4v) is 10.2. The Kier molecular flexibility index (Phi) is 4.89. The molecule has 0 aliphatic heterocycles. The summed E-state index contributed by atoms with van der Waals surface area (Å²) < 4.78 is 1.85. The van der Waals surface area contributed by atoms with E-state index in [2.05, 4.69) is 85.8 Å². The van der Waals surface area contributed by atoms with Gasteiger partial charge in [-0.2, -0.15) is 0 Å². The molecule has 2 aromatic heterocycles. The molecule has 0 amide bonds. The van der Waals surface area contributed by atoms with E-state index >= 15 is 0 Å². The van der Waals surface area contributed by atoms with Crippen molar-refractivity contribution in [2.24, 2.45) is 0 Å². The van der Waals surface area contributed by atoms with E-state index in [4.69, 9.17) is 21.3 Å². The van der Waals surface area contributed by atoms with Gasteiger partial charge in [-0.1, -0.05) is 0 Å². The van der Waals surface area contributed by atoms with Crippen molar-refractivity contribution in [2.75, 3.05) is 0 Å². The van der Waals surface area contributed by atoms with Gasteiger partial charge in [0.25, 0.3) is 0 Å². The third kappa shape index (κ3) is 3.17. The van der Waals surface area contributed by atoms with Crippen molar-refractivity contribution in [2.45, 2.75) is 13.1 Å². The molecule has 2 heterocycles. The van der Waals surface area contributed by atoms with Crippen molar-refractivity contribution in [1.29, 1.82) is 0 Å². The number of pyridine rings is 1. The molecule has 0 N–H and O–H groups in total. The molecular weight excluding hydrogens is 421 g/mol. The fourth-order valence-electron chi connectivity index (χ4n) is 4.35. The first-order valence-electron chi connectivity index (χ1n) is 10.3. The summed E-state index contributed by atoms with van der Waals surface area (Å²) in [5, 5.41) is 8.18. The minimum atomic E-state index is -3.43. The van der Waals surface area contributed by atoms with Gasteiger partial charge in [0.15, 0.2) is 0 Å². The number of halogens is 1. The van der Waals surface area contributed by atoms with Crippen molar-refractivity contribution in [3.63, 3.8) is 0 Å². The average molecular weight is 444 g/mol. The van der Waals surface area contributed by atoms with Crippen molar-refractivity contribution >= 4 is 38.8 Å². The van der Waals surface area contributed by atoms with Crippen molar-refractivity contribution in [3.8, 4) is 0 Å². The van der Waals surface area contributed by atoms with E-state index in [0.717, 1.165) is 32.9 Å². The molecule has 154 valence electrons. The number of nitrogens with zero attached hydrogens (tertiary/aromatic N) is 3. The second-order valence-corrected chi connectivity index (χ2v) is 14.3. The SMILES string of the molecule is Cc1cccn2nc(CP(Cl)(c3ccccc3)(c3ccccc3)c3ccccc3)nc12. The van der Waals surface area contributed by atoms with Gasteiger partial charge in [-0.05, 0) is 0 Å². The zero-order chi connectivity index (χ0) is 21.3. The van der Waals surface area contributed by atoms with E-state index in [1.807, 2.05) is 35.0 Å². The second kappa shape index (κ2) is 7.60. The molecule has 5 rings (SSSR count). The molecule has 0 atom stereocenters. The summed E-state index contributed by atoms with van der Waals surface area (Å²) >= 11 is 8.12. The maximum atomic E-state index is 8.12. The van der Waals surface area contributed by atoms with Crippen LogP contribution in [0.1, 0.15) is 11.4 Å². The van der Waals surface area contributed by atoms with Crippen molar-refractivity contribution in [1.82, 2.24) is 14.6 Å². The molecule has 0 aliphatic carbocycles. The van der Waals surface area contributed by atoms with Gasteiger partial charge in [-0.3, -0.25) is 0 Å². The van der Waals surface area contributed by atoms with Crippen LogP contribution in [-0.2, 0) is 6.16 Å². The van der Waals surface area contributed by atoms with Gasteiger partial charge < -0.3 is 0 Å². The molecule has 31 heavy (non-hydrogen) atoms. The monoisotopic (exact) mass is 443 g/mol. The van der Waals surface area contributed by atoms with Crippen LogP contribution in [0.25, 0.3) is 5.65 Å². The second-order valence-electron chi connectivity index (χ2n) is 7.83. The first-order valence-corrected chi connectivity index (χ1v) is 13.6. The zero-order valence-electron chi connectivity index (χ0n) is 17.3. The standard InChI is InChI=1S/C26H23ClN3P/c1-21-12-11-19-30-26(21)28-25(29-30)20-31(27,22-13-5-2-6-14-22,23-15-7-3-8-16-23)24-17-9-4-10-18-24/h2-19H,20H2,1H3. The molecule has 3 nitrogen and oxygen atoms in total. The molecule has 5 heteroatoms. The van der Waals surface area contributed by atoms with Crippen LogP contribution in [0.3, 0.4) is 0 Å². The predicted molar refractivity (Wildman–Crippen MR) is 132 cm³/mol. The van der Waals surface area contributed by atoms with Gasteiger partial charge in [0.1, 0.15) is 0 Å². The molecular formula is C26H23ClN3P. The van der Waals surface area contributed by atoms with Crippen LogP contribution >= 0.6 is 17.2 Å². The van der Waals surface area contributed by atoms with E-state index in [1.165, 1.54) is 0 Å². The number of hydrogen-bond donors (Lipinski definition) is 0. The van der Waals surface area contributed by atoms with E-state index in [0.29, 0.717) is 6.16 Å². The molecule has 3 aromatic carbocycles. The Labute approximate surface area is 187 Å². The van der Waals surface area contributed by atoms with Crippen LogP contribution in [0.2, 0.25) is 0 Å². The summed E-state index contributed by atoms with van der Waals surface area (Å²) in [7, 11) is 0. The van der Waals surface area contributed by atoms with Gasteiger partial charge in [-0.15, -0.1) is 0 Å². The maximum absolute atomic E-state index is 8.12. The average Bonchev–Trinajstić information content (AvgIpc) is 3.24. The molecule has 0 fully saturated rings. The van der Waals surface area contributed by atoms with Crippen LogP contribution < -0.4 is 15.9 Å². The van der Waals surface area contributed by atoms with Crippen LogP contribution in [0.15, 0.2) is 109 Å². The number of aryl methyl sites for hydroxylation is 1. The Bertz CT molecular complexity index is 1240. The Morgan fingerprint density at radius 2 is 1.19 bits per heavy atom. The normalized spacial score (nSPS) is 13.0.